The number of nitrogens with zero attached hydrogens (tertiary/aromatic N) is 1. The van der Waals surface area contributed by atoms with Gasteiger partial charge in [-0.1, -0.05) is 23.7 Å². The maximum atomic E-state index is 5.90. The van der Waals surface area contributed by atoms with E-state index in [4.69, 9.17) is 21.1 Å². The molecule has 1 aromatic carbocycles. The lowest BCUT2D eigenvalue weighted by Crippen LogP contribution is -2.38. The number of hydrogen-bond donors (Lipinski definition) is 2. The Labute approximate surface area is 172 Å². The first-order chi connectivity index (χ1) is 11.8. The highest BCUT2D eigenvalue weighted by atomic mass is 127. The lowest BCUT2D eigenvalue weighted by Gasteiger charge is -2.12. The summed E-state index contributed by atoms with van der Waals surface area (Å²) in [5.74, 6) is 0.857. The summed E-state index contributed by atoms with van der Waals surface area (Å²) < 4.78 is 11.0. The molecule has 1 aliphatic rings. The molecule has 2 rings (SSSR count). The molecule has 1 aliphatic heterocycles. The standard InChI is InChI=1S/C18H28ClN3O2.HI/c1-2-20-18(21-10-3-12-24-17-9-13-23-14-17)22-11-8-15-4-6-16(19)7-5-15;/h4-7,17H,2-3,8-14H2,1H3,(H2,20,21,22);1H. The van der Waals surface area contributed by atoms with Gasteiger partial charge in [-0.05, 0) is 43.9 Å². The average molecular weight is 482 g/mol. The second-order valence-electron chi connectivity index (χ2n) is 5.77. The third-order valence-electron chi connectivity index (χ3n) is 3.78. The molecule has 142 valence electrons. The van der Waals surface area contributed by atoms with Gasteiger partial charge in [0, 0.05) is 37.9 Å². The molecular formula is C18H29ClIN3O2. The van der Waals surface area contributed by atoms with Gasteiger partial charge < -0.3 is 20.1 Å². The molecule has 7 heteroatoms. The summed E-state index contributed by atoms with van der Waals surface area (Å²) in [5, 5.41) is 7.40. The number of halogens is 2. The smallest absolute Gasteiger partial charge is 0.191 e. The molecule has 0 bridgehead atoms. The van der Waals surface area contributed by atoms with Gasteiger partial charge in [-0.2, -0.15) is 0 Å². The number of nitrogens with one attached hydrogen (secondary N) is 2. The van der Waals surface area contributed by atoms with Crippen molar-refractivity contribution in [3.05, 3.63) is 34.9 Å². The molecule has 1 aromatic rings. The van der Waals surface area contributed by atoms with E-state index in [1.165, 1.54) is 5.56 Å². The Morgan fingerprint density at radius 2 is 2.12 bits per heavy atom. The minimum Gasteiger partial charge on any atom is -0.379 e. The number of rotatable bonds is 9. The Kier molecular flexibility index (Phi) is 12.2. The fraction of sp³-hybridized carbons (Fsp3) is 0.611. The van der Waals surface area contributed by atoms with Crippen LogP contribution in [-0.2, 0) is 15.9 Å². The van der Waals surface area contributed by atoms with Crippen molar-refractivity contribution in [3.63, 3.8) is 0 Å². The Morgan fingerprint density at radius 1 is 1.32 bits per heavy atom. The highest BCUT2D eigenvalue weighted by molar-refractivity contribution is 14.0. The number of hydrogen-bond acceptors (Lipinski definition) is 3. The van der Waals surface area contributed by atoms with Crippen molar-refractivity contribution in [1.29, 1.82) is 0 Å². The van der Waals surface area contributed by atoms with Crippen LogP contribution in [0.1, 0.15) is 25.3 Å². The molecular weight excluding hydrogens is 453 g/mol. The quantitative estimate of drug-likeness (QED) is 0.246. The summed E-state index contributed by atoms with van der Waals surface area (Å²) >= 11 is 5.90. The van der Waals surface area contributed by atoms with Gasteiger partial charge in [0.1, 0.15) is 0 Å². The van der Waals surface area contributed by atoms with E-state index in [0.717, 1.165) is 69.7 Å². The second-order valence-corrected chi connectivity index (χ2v) is 6.21. The largest absolute Gasteiger partial charge is 0.379 e. The summed E-state index contributed by atoms with van der Waals surface area (Å²) in [5.41, 5.74) is 1.26. The van der Waals surface area contributed by atoms with Crippen LogP contribution in [0.4, 0.5) is 0 Å². The van der Waals surface area contributed by atoms with Gasteiger partial charge in [0.05, 0.1) is 12.7 Å². The monoisotopic (exact) mass is 481 g/mol. The Balaban J connectivity index is 0.00000312. The van der Waals surface area contributed by atoms with Crippen molar-refractivity contribution in [3.8, 4) is 0 Å². The topological polar surface area (TPSA) is 54.9 Å². The minimum atomic E-state index is 0. The second kappa shape index (κ2) is 13.6. The zero-order chi connectivity index (χ0) is 17.0. The first-order valence-electron chi connectivity index (χ1n) is 8.74. The zero-order valence-electron chi connectivity index (χ0n) is 14.8. The highest BCUT2D eigenvalue weighted by Gasteiger charge is 2.15. The third kappa shape index (κ3) is 9.63. The maximum Gasteiger partial charge on any atom is 0.191 e. The van der Waals surface area contributed by atoms with Gasteiger partial charge in [0.2, 0.25) is 0 Å². The molecule has 25 heavy (non-hydrogen) atoms. The third-order valence-corrected chi connectivity index (χ3v) is 4.03. The molecule has 1 fully saturated rings. The molecule has 2 N–H and O–H groups in total. The van der Waals surface area contributed by atoms with E-state index in [-0.39, 0.29) is 30.1 Å². The lowest BCUT2D eigenvalue weighted by molar-refractivity contribution is 0.0424. The van der Waals surface area contributed by atoms with E-state index in [1.54, 1.807) is 0 Å². The van der Waals surface area contributed by atoms with Crippen LogP contribution in [0.25, 0.3) is 0 Å². The van der Waals surface area contributed by atoms with Crippen molar-refractivity contribution in [1.82, 2.24) is 10.6 Å². The van der Waals surface area contributed by atoms with Crippen molar-refractivity contribution in [2.24, 2.45) is 4.99 Å². The van der Waals surface area contributed by atoms with Crippen molar-refractivity contribution in [2.45, 2.75) is 32.3 Å². The fourth-order valence-electron chi connectivity index (χ4n) is 2.47. The van der Waals surface area contributed by atoms with E-state index in [2.05, 4.69) is 34.7 Å². The number of benzene rings is 1. The first kappa shape index (κ1) is 22.5. The maximum absolute atomic E-state index is 5.90. The minimum absolute atomic E-state index is 0. The summed E-state index contributed by atoms with van der Waals surface area (Å²) in [4.78, 5) is 4.58. The van der Waals surface area contributed by atoms with Crippen molar-refractivity contribution < 1.29 is 9.47 Å². The zero-order valence-corrected chi connectivity index (χ0v) is 17.9. The number of aliphatic imine (C=N–C) groups is 1. The molecule has 0 aliphatic carbocycles. The summed E-state index contributed by atoms with van der Waals surface area (Å²) in [6, 6.07) is 7.95. The van der Waals surface area contributed by atoms with Gasteiger partial charge in [-0.3, -0.25) is 4.99 Å². The van der Waals surface area contributed by atoms with E-state index >= 15 is 0 Å². The Bertz CT molecular complexity index is 494. The van der Waals surface area contributed by atoms with Gasteiger partial charge in [-0.25, -0.2) is 0 Å². The van der Waals surface area contributed by atoms with Crippen molar-refractivity contribution >= 4 is 41.5 Å². The first-order valence-corrected chi connectivity index (χ1v) is 9.11. The summed E-state index contributed by atoms with van der Waals surface area (Å²) in [6.45, 7) is 6.81. The van der Waals surface area contributed by atoms with E-state index in [0.29, 0.717) is 0 Å². The molecule has 0 amide bonds. The molecule has 1 heterocycles. The van der Waals surface area contributed by atoms with Crippen LogP contribution in [-0.4, -0.2) is 51.5 Å². The van der Waals surface area contributed by atoms with Gasteiger partial charge >= 0.3 is 0 Å². The van der Waals surface area contributed by atoms with Gasteiger partial charge in [0.15, 0.2) is 5.96 Å². The van der Waals surface area contributed by atoms with Crippen LogP contribution in [0.15, 0.2) is 29.3 Å². The highest BCUT2D eigenvalue weighted by Crippen LogP contribution is 2.09. The van der Waals surface area contributed by atoms with Crippen LogP contribution >= 0.6 is 35.6 Å². The Hall–Kier alpha value is -0.570. The van der Waals surface area contributed by atoms with E-state index in [1.807, 2.05) is 12.1 Å². The summed E-state index contributed by atoms with van der Waals surface area (Å²) in [7, 11) is 0. The molecule has 0 saturated carbocycles. The van der Waals surface area contributed by atoms with E-state index in [9.17, 15) is 0 Å². The summed E-state index contributed by atoms with van der Waals surface area (Å²) in [6.07, 6.45) is 3.15. The van der Waals surface area contributed by atoms with Crippen LogP contribution in [0.2, 0.25) is 5.02 Å². The van der Waals surface area contributed by atoms with Crippen LogP contribution in [0.5, 0.6) is 0 Å². The normalized spacial score (nSPS) is 17.2. The van der Waals surface area contributed by atoms with Crippen molar-refractivity contribution in [2.75, 3.05) is 39.5 Å². The SMILES string of the molecule is CCNC(=NCCCOC1CCOC1)NCCc1ccc(Cl)cc1.I. The van der Waals surface area contributed by atoms with Crippen LogP contribution in [0.3, 0.4) is 0 Å². The molecule has 0 radical (unpaired) electrons. The molecule has 5 nitrogen and oxygen atoms in total. The van der Waals surface area contributed by atoms with Gasteiger partial charge in [0.25, 0.3) is 0 Å². The molecule has 1 unspecified atom stereocenters. The molecule has 1 atom stereocenters. The Morgan fingerprint density at radius 3 is 2.80 bits per heavy atom. The molecule has 1 saturated heterocycles. The predicted molar refractivity (Wildman–Crippen MR) is 114 cm³/mol. The van der Waals surface area contributed by atoms with Crippen LogP contribution < -0.4 is 10.6 Å². The van der Waals surface area contributed by atoms with Crippen LogP contribution in [0, 0.1) is 0 Å². The fourth-order valence-corrected chi connectivity index (χ4v) is 2.59. The van der Waals surface area contributed by atoms with E-state index < -0.39 is 0 Å². The molecule has 0 spiro atoms. The number of ether oxygens (including phenoxy) is 2. The predicted octanol–water partition coefficient (Wildman–Crippen LogP) is 3.25. The molecule has 0 aromatic heterocycles. The lowest BCUT2D eigenvalue weighted by atomic mass is 10.1. The average Bonchev–Trinajstić information content (AvgIpc) is 3.10. The van der Waals surface area contributed by atoms with Gasteiger partial charge in [-0.15, -0.1) is 24.0 Å². The number of guanidine groups is 1.